The Bertz CT molecular complexity index is 662. The van der Waals surface area contributed by atoms with E-state index in [-0.39, 0.29) is 11.8 Å². The van der Waals surface area contributed by atoms with E-state index >= 15 is 0 Å². The summed E-state index contributed by atoms with van der Waals surface area (Å²) in [5.74, 6) is 0.605. The SMILES string of the molecule is Cc1cc2n(n1)CCC(=O)N2C(C)C(=O)NCCC1=CCCCC1. The third kappa shape index (κ3) is 3.52. The highest BCUT2D eigenvalue weighted by atomic mass is 16.2. The number of allylic oxidation sites excluding steroid dienone is 1. The molecular formula is C18H26N4O2. The molecule has 130 valence electrons. The fourth-order valence-corrected chi connectivity index (χ4v) is 3.50. The van der Waals surface area contributed by atoms with Crippen molar-refractivity contribution in [2.75, 3.05) is 11.4 Å². The smallest absolute Gasteiger partial charge is 0.242 e. The van der Waals surface area contributed by atoms with Crippen molar-refractivity contribution in [2.24, 2.45) is 0 Å². The molecule has 6 heteroatoms. The Balaban J connectivity index is 1.60. The second-order valence-corrected chi connectivity index (χ2v) is 6.71. The maximum atomic E-state index is 12.5. The van der Waals surface area contributed by atoms with Crippen LogP contribution in [0.3, 0.4) is 0 Å². The maximum Gasteiger partial charge on any atom is 0.242 e. The molecule has 1 N–H and O–H groups in total. The average molecular weight is 330 g/mol. The predicted molar refractivity (Wildman–Crippen MR) is 92.7 cm³/mol. The topological polar surface area (TPSA) is 67.2 Å². The highest BCUT2D eigenvalue weighted by Crippen LogP contribution is 2.25. The monoisotopic (exact) mass is 330 g/mol. The summed E-state index contributed by atoms with van der Waals surface area (Å²) in [7, 11) is 0. The standard InChI is InChI=1S/C18H26N4O2/c1-13-12-16-21(20-13)11-9-17(23)22(16)14(2)18(24)19-10-8-15-6-4-3-5-7-15/h6,12,14H,3-5,7-11H2,1-2H3,(H,19,24). The van der Waals surface area contributed by atoms with Crippen molar-refractivity contribution < 1.29 is 9.59 Å². The highest BCUT2D eigenvalue weighted by molar-refractivity contribution is 6.00. The number of aryl methyl sites for hydroxylation is 2. The van der Waals surface area contributed by atoms with Gasteiger partial charge in [0.2, 0.25) is 11.8 Å². The summed E-state index contributed by atoms with van der Waals surface area (Å²) >= 11 is 0. The lowest BCUT2D eigenvalue weighted by Gasteiger charge is -2.32. The number of hydrogen-bond acceptors (Lipinski definition) is 3. The Hall–Kier alpha value is -2.11. The molecule has 1 atom stereocenters. The van der Waals surface area contributed by atoms with Crippen molar-refractivity contribution in [2.45, 2.75) is 65.0 Å². The second-order valence-electron chi connectivity index (χ2n) is 6.71. The number of amides is 2. The van der Waals surface area contributed by atoms with Gasteiger partial charge in [0.15, 0.2) is 0 Å². The Morgan fingerprint density at radius 1 is 1.38 bits per heavy atom. The van der Waals surface area contributed by atoms with Crippen molar-refractivity contribution in [3.8, 4) is 0 Å². The third-order valence-electron chi connectivity index (χ3n) is 4.83. The van der Waals surface area contributed by atoms with E-state index in [1.54, 1.807) is 11.8 Å². The molecule has 1 aliphatic heterocycles. The second kappa shape index (κ2) is 7.20. The molecule has 0 saturated carbocycles. The molecule has 0 radical (unpaired) electrons. The van der Waals surface area contributed by atoms with E-state index in [1.807, 2.05) is 17.7 Å². The van der Waals surface area contributed by atoms with Crippen LogP contribution in [0.4, 0.5) is 5.82 Å². The Labute approximate surface area is 142 Å². The van der Waals surface area contributed by atoms with Crippen LogP contribution in [0.15, 0.2) is 17.7 Å². The van der Waals surface area contributed by atoms with Crippen LogP contribution in [0.1, 0.15) is 51.1 Å². The summed E-state index contributed by atoms with van der Waals surface area (Å²) in [6.45, 7) is 4.90. The molecular weight excluding hydrogens is 304 g/mol. The van der Waals surface area contributed by atoms with Crippen LogP contribution in [-0.2, 0) is 16.1 Å². The van der Waals surface area contributed by atoms with Gasteiger partial charge in [-0.1, -0.05) is 11.6 Å². The van der Waals surface area contributed by atoms with Crippen LogP contribution < -0.4 is 10.2 Å². The molecule has 0 aromatic carbocycles. The average Bonchev–Trinajstić information content (AvgIpc) is 2.95. The van der Waals surface area contributed by atoms with Crippen LogP contribution in [0.25, 0.3) is 0 Å². The van der Waals surface area contributed by atoms with Crippen LogP contribution in [0.2, 0.25) is 0 Å². The summed E-state index contributed by atoms with van der Waals surface area (Å²) in [6.07, 6.45) is 8.43. The molecule has 0 spiro atoms. The van der Waals surface area contributed by atoms with Crippen LogP contribution >= 0.6 is 0 Å². The van der Waals surface area contributed by atoms with E-state index < -0.39 is 6.04 Å². The summed E-state index contributed by atoms with van der Waals surface area (Å²) < 4.78 is 1.81. The van der Waals surface area contributed by atoms with Gasteiger partial charge in [-0.05, 0) is 46.0 Å². The third-order valence-corrected chi connectivity index (χ3v) is 4.83. The first-order valence-electron chi connectivity index (χ1n) is 8.88. The number of carbonyl (C=O) groups is 2. The van der Waals surface area contributed by atoms with Crippen molar-refractivity contribution in [1.82, 2.24) is 15.1 Å². The first-order chi connectivity index (χ1) is 11.6. The molecule has 2 aliphatic rings. The molecule has 2 amide bonds. The minimum absolute atomic E-state index is 0.0139. The molecule has 6 nitrogen and oxygen atoms in total. The van der Waals surface area contributed by atoms with Gasteiger partial charge in [0.1, 0.15) is 11.9 Å². The van der Waals surface area contributed by atoms with Gasteiger partial charge >= 0.3 is 0 Å². The van der Waals surface area contributed by atoms with Crippen molar-refractivity contribution >= 4 is 17.6 Å². The van der Waals surface area contributed by atoms with Gasteiger partial charge in [0.25, 0.3) is 0 Å². The zero-order valence-corrected chi connectivity index (χ0v) is 14.5. The number of aromatic nitrogens is 2. The van der Waals surface area contributed by atoms with Crippen molar-refractivity contribution in [1.29, 1.82) is 0 Å². The Kier molecular flexibility index (Phi) is 5.02. The fourth-order valence-electron chi connectivity index (χ4n) is 3.50. The van der Waals surface area contributed by atoms with Gasteiger partial charge in [0, 0.05) is 19.0 Å². The minimum atomic E-state index is -0.520. The van der Waals surface area contributed by atoms with E-state index in [9.17, 15) is 9.59 Å². The lowest BCUT2D eigenvalue weighted by Crippen LogP contribution is -2.51. The molecule has 1 aromatic rings. The van der Waals surface area contributed by atoms with Crippen LogP contribution in [0.5, 0.6) is 0 Å². The van der Waals surface area contributed by atoms with Gasteiger partial charge in [-0.15, -0.1) is 0 Å². The largest absolute Gasteiger partial charge is 0.354 e. The lowest BCUT2D eigenvalue weighted by molar-refractivity contribution is -0.126. The van der Waals surface area contributed by atoms with Gasteiger partial charge in [-0.3, -0.25) is 14.5 Å². The van der Waals surface area contributed by atoms with E-state index in [2.05, 4.69) is 16.5 Å². The number of nitrogens with one attached hydrogen (secondary N) is 1. The van der Waals surface area contributed by atoms with E-state index in [4.69, 9.17) is 0 Å². The molecule has 1 unspecified atom stereocenters. The van der Waals surface area contributed by atoms with Gasteiger partial charge in [-0.25, -0.2) is 4.68 Å². The molecule has 2 heterocycles. The Morgan fingerprint density at radius 3 is 2.96 bits per heavy atom. The number of fused-ring (bicyclic) bond motifs is 1. The van der Waals surface area contributed by atoms with E-state index in [0.717, 1.165) is 30.8 Å². The minimum Gasteiger partial charge on any atom is -0.354 e. The molecule has 0 saturated heterocycles. The lowest BCUT2D eigenvalue weighted by atomic mass is 9.97. The predicted octanol–water partition coefficient (Wildman–Crippen LogP) is 2.32. The van der Waals surface area contributed by atoms with E-state index in [1.165, 1.54) is 18.4 Å². The quantitative estimate of drug-likeness (QED) is 0.843. The molecule has 24 heavy (non-hydrogen) atoms. The summed E-state index contributed by atoms with van der Waals surface area (Å²) in [4.78, 5) is 26.4. The fraction of sp³-hybridized carbons (Fsp3) is 0.611. The Morgan fingerprint density at radius 2 is 2.21 bits per heavy atom. The van der Waals surface area contributed by atoms with Gasteiger partial charge in [0.05, 0.1) is 12.2 Å². The van der Waals surface area contributed by atoms with Gasteiger partial charge < -0.3 is 5.32 Å². The maximum absolute atomic E-state index is 12.5. The summed E-state index contributed by atoms with van der Waals surface area (Å²) in [6, 6.07) is 1.35. The van der Waals surface area contributed by atoms with Crippen molar-refractivity contribution in [3.63, 3.8) is 0 Å². The number of hydrogen-bond donors (Lipinski definition) is 1. The molecule has 0 bridgehead atoms. The molecule has 0 fully saturated rings. The summed E-state index contributed by atoms with van der Waals surface area (Å²) in [5, 5.41) is 7.37. The van der Waals surface area contributed by atoms with Crippen LogP contribution in [-0.4, -0.2) is 34.2 Å². The number of carbonyl (C=O) groups excluding carboxylic acids is 2. The first-order valence-corrected chi connectivity index (χ1v) is 8.88. The molecule has 1 aliphatic carbocycles. The van der Waals surface area contributed by atoms with Crippen molar-refractivity contribution in [3.05, 3.63) is 23.4 Å². The summed E-state index contributed by atoms with van der Waals surface area (Å²) in [5.41, 5.74) is 2.30. The molecule has 3 rings (SSSR count). The zero-order chi connectivity index (χ0) is 17.1. The number of rotatable bonds is 5. The number of nitrogens with zero attached hydrogens (tertiary/aromatic N) is 3. The highest BCUT2D eigenvalue weighted by Gasteiger charge is 2.32. The normalized spacial score (nSPS) is 18.8. The van der Waals surface area contributed by atoms with Gasteiger partial charge in [-0.2, -0.15) is 5.10 Å². The zero-order valence-electron chi connectivity index (χ0n) is 14.5. The van der Waals surface area contributed by atoms with Crippen LogP contribution in [0, 0.1) is 6.92 Å². The van der Waals surface area contributed by atoms with E-state index in [0.29, 0.717) is 19.5 Å². The first kappa shape index (κ1) is 16.7. The molecule has 1 aromatic heterocycles. The number of anilines is 1.